The van der Waals surface area contributed by atoms with Crippen molar-refractivity contribution in [1.82, 2.24) is 10.2 Å². The van der Waals surface area contributed by atoms with E-state index in [2.05, 4.69) is 10.6 Å². The van der Waals surface area contributed by atoms with E-state index < -0.39 is 0 Å². The quantitative estimate of drug-likeness (QED) is 0.800. The molecule has 5 nitrogen and oxygen atoms in total. The summed E-state index contributed by atoms with van der Waals surface area (Å²) in [5.74, 6) is -0.0102. The number of benzene rings is 2. The van der Waals surface area contributed by atoms with Gasteiger partial charge in [0, 0.05) is 29.4 Å². The molecule has 152 valence electrons. The smallest absolute Gasteiger partial charge is 0.322 e. The van der Waals surface area contributed by atoms with E-state index >= 15 is 0 Å². The van der Waals surface area contributed by atoms with E-state index in [1.54, 1.807) is 0 Å². The molecule has 0 radical (unpaired) electrons. The minimum Gasteiger partial charge on any atom is -0.349 e. The molecule has 2 atom stereocenters. The highest BCUT2D eigenvalue weighted by Gasteiger charge is 2.41. The summed E-state index contributed by atoms with van der Waals surface area (Å²) in [7, 11) is 0. The third kappa shape index (κ3) is 4.14. The minimum absolute atomic E-state index is 0.0102. The number of hydrogen-bond donors (Lipinski definition) is 2. The number of rotatable bonds is 3. The monoisotopic (exact) mass is 391 g/mol. The molecule has 0 unspecified atom stereocenters. The number of carbonyl (C=O) groups excluding carboxylic acids is 2. The number of anilines is 1. The average Bonchev–Trinajstić information content (AvgIpc) is 2.69. The van der Waals surface area contributed by atoms with Crippen molar-refractivity contribution >= 4 is 17.6 Å². The molecule has 2 aromatic carbocycles. The number of fused-ring (bicyclic) bond motifs is 2. The number of para-hydroxylation sites is 1. The summed E-state index contributed by atoms with van der Waals surface area (Å²) in [5.41, 5.74) is 3.65. The van der Waals surface area contributed by atoms with E-state index in [1.807, 2.05) is 67.3 Å². The predicted octanol–water partition coefficient (Wildman–Crippen LogP) is 4.65. The Morgan fingerprint density at radius 3 is 2.17 bits per heavy atom. The van der Waals surface area contributed by atoms with Crippen LogP contribution < -0.4 is 10.6 Å². The van der Waals surface area contributed by atoms with Crippen molar-refractivity contribution in [2.75, 3.05) is 5.32 Å². The van der Waals surface area contributed by atoms with Crippen molar-refractivity contribution in [1.29, 1.82) is 0 Å². The standard InChI is InChI=1S/C24H29N3O2/c1-16-8-3-5-12-21(16)23(28)25-18-14-19-10-7-11-20(15-18)27(19)24(29)26-22-13-6-4-9-17(22)2/h3-6,8-9,12-13,18-20H,7,10-11,14-15H2,1-2H3,(H,25,28)(H,26,29)/t19-,20-/m1/s1. The van der Waals surface area contributed by atoms with E-state index in [-0.39, 0.29) is 30.1 Å². The minimum atomic E-state index is -0.0160. The van der Waals surface area contributed by atoms with Gasteiger partial charge in [-0.05, 0) is 69.2 Å². The SMILES string of the molecule is Cc1ccccc1NC(=O)N1[C@@H]2CCC[C@@H]1CC(NC(=O)c1ccccc1C)C2. The lowest BCUT2D eigenvalue weighted by Gasteiger charge is -2.48. The number of amides is 3. The van der Waals surface area contributed by atoms with Crippen LogP contribution in [0.2, 0.25) is 0 Å². The van der Waals surface area contributed by atoms with Crippen LogP contribution in [0.5, 0.6) is 0 Å². The summed E-state index contributed by atoms with van der Waals surface area (Å²) in [6.07, 6.45) is 4.76. The largest absolute Gasteiger partial charge is 0.349 e. The zero-order valence-corrected chi connectivity index (χ0v) is 17.2. The molecule has 0 aliphatic carbocycles. The number of piperidine rings is 2. The number of carbonyl (C=O) groups is 2. The Hall–Kier alpha value is -2.82. The van der Waals surface area contributed by atoms with E-state index in [0.29, 0.717) is 0 Å². The van der Waals surface area contributed by atoms with Crippen LogP contribution in [0.25, 0.3) is 0 Å². The topological polar surface area (TPSA) is 61.4 Å². The average molecular weight is 392 g/mol. The van der Waals surface area contributed by atoms with Crippen molar-refractivity contribution in [3.8, 4) is 0 Å². The Balaban J connectivity index is 1.44. The lowest BCUT2D eigenvalue weighted by Crippen LogP contribution is -2.59. The van der Waals surface area contributed by atoms with Gasteiger partial charge in [-0.2, -0.15) is 0 Å². The first-order valence-electron chi connectivity index (χ1n) is 10.5. The van der Waals surface area contributed by atoms with E-state index in [1.165, 1.54) is 0 Å². The first kappa shape index (κ1) is 19.5. The van der Waals surface area contributed by atoms with Gasteiger partial charge in [-0.15, -0.1) is 0 Å². The molecule has 2 fully saturated rings. The van der Waals surface area contributed by atoms with E-state index in [9.17, 15) is 9.59 Å². The molecule has 3 amide bonds. The summed E-state index contributed by atoms with van der Waals surface area (Å²) in [6.45, 7) is 3.96. The molecule has 2 aliphatic heterocycles. The highest BCUT2D eigenvalue weighted by atomic mass is 16.2. The number of nitrogens with one attached hydrogen (secondary N) is 2. The summed E-state index contributed by atoms with van der Waals surface area (Å²) in [6, 6.07) is 16.0. The van der Waals surface area contributed by atoms with Gasteiger partial charge in [-0.3, -0.25) is 4.79 Å². The second-order valence-corrected chi connectivity index (χ2v) is 8.35. The maximum absolute atomic E-state index is 13.1. The third-order valence-corrected chi connectivity index (χ3v) is 6.32. The molecule has 0 aromatic heterocycles. The fourth-order valence-electron chi connectivity index (χ4n) is 4.81. The van der Waals surface area contributed by atoms with E-state index in [0.717, 1.165) is 54.5 Å². The molecule has 4 rings (SSSR count). The second kappa shape index (κ2) is 8.27. The van der Waals surface area contributed by atoms with Crippen molar-refractivity contribution < 1.29 is 9.59 Å². The van der Waals surface area contributed by atoms with E-state index in [4.69, 9.17) is 0 Å². The number of urea groups is 1. The summed E-state index contributed by atoms with van der Waals surface area (Å²) < 4.78 is 0. The lowest BCUT2D eigenvalue weighted by atomic mass is 9.82. The maximum atomic E-state index is 13.1. The van der Waals surface area contributed by atoms with Gasteiger partial charge >= 0.3 is 6.03 Å². The molecule has 2 aromatic rings. The number of aryl methyl sites for hydroxylation is 2. The summed E-state index contributed by atoms with van der Waals surface area (Å²) in [5, 5.41) is 6.32. The van der Waals surface area contributed by atoms with Crippen molar-refractivity contribution in [2.45, 2.75) is 64.1 Å². The lowest BCUT2D eigenvalue weighted by molar-refractivity contribution is 0.0577. The van der Waals surface area contributed by atoms with Crippen molar-refractivity contribution in [2.24, 2.45) is 0 Å². The Morgan fingerprint density at radius 2 is 1.52 bits per heavy atom. The zero-order chi connectivity index (χ0) is 20.4. The highest BCUT2D eigenvalue weighted by Crippen LogP contribution is 2.35. The summed E-state index contributed by atoms with van der Waals surface area (Å²) >= 11 is 0. The number of hydrogen-bond acceptors (Lipinski definition) is 2. The van der Waals surface area contributed by atoms with Crippen molar-refractivity contribution in [3.63, 3.8) is 0 Å². The molecule has 0 saturated carbocycles. The van der Waals surface area contributed by atoms with Crippen LogP contribution in [-0.2, 0) is 0 Å². The van der Waals surface area contributed by atoms with Gasteiger partial charge in [-0.1, -0.05) is 36.4 Å². The van der Waals surface area contributed by atoms with Crippen LogP contribution in [0.4, 0.5) is 10.5 Å². The number of nitrogens with zero attached hydrogens (tertiary/aromatic N) is 1. The molecular weight excluding hydrogens is 362 g/mol. The van der Waals surface area contributed by atoms with Gasteiger partial charge in [-0.25, -0.2) is 4.79 Å². The molecule has 2 bridgehead atoms. The Kier molecular flexibility index (Phi) is 5.56. The van der Waals surface area contributed by atoms with Gasteiger partial charge in [0.1, 0.15) is 0 Å². The predicted molar refractivity (Wildman–Crippen MR) is 115 cm³/mol. The van der Waals surface area contributed by atoms with Crippen LogP contribution in [-0.4, -0.2) is 35.0 Å². The first-order chi connectivity index (χ1) is 14.0. The molecule has 2 aliphatic rings. The maximum Gasteiger partial charge on any atom is 0.322 e. The Labute approximate surface area is 172 Å². The van der Waals surface area contributed by atoms with Crippen LogP contribution >= 0.6 is 0 Å². The molecule has 5 heteroatoms. The Bertz CT molecular complexity index is 897. The molecule has 0 spiro atoms. The first-order valence-corrected chi connectivity index (χ1v) is 10.5. The van der Waals surface area contributed by atoms with Gasteiger partial charge in [0.15, 0.2) is 0 Å². The normalized spacial score (nSPS) is 23.4. The van der Waals surface area contributed by atoms with Gasteiger partial charge in [0.2, 0.25) is 0 Å². The summed E-state index contributed by atoms with van der Waals surface area (Å²) in [4.78, 5) is 27.8. The van der Waals surface area contributed by atoms with Gasteiger partial charge < -0.3 is 15.5 Å². The fourth-order valence-corrected chi connectivity index (χ4v) is 4.81. The molecular formula is C24H29N3O2. The fraction of sp³-hybridized carbons (Fsp3) is 0.417. The van der Waals surface area contributed by atoms with Crippen LogP contribution in [0.1, 0.15) is 53.6 Å². The molecule has 29 heavy (non-hydrogen) atoms. The molecule has 2 heterocycles. The molecule has 2 saturated heterocycles. The van der Waals surface area contributed by atoms with Crippen LogP contribution in [0.15, 0.2) is 48.5 Å². The molecule has 2 N–H and O–H groups in total. The Morgan fingerprint density at radius 1 is 0.897 bits per heavy atom. The van der Waals surface area contributed by atoms with Crippen LogP contribution in [0, 0.1) is 13.8 Å². The second-order valence-electron chi connectivity index (χ2n) is 8.35. The third-order valence-electron chi connectivity index (χ3n) is 6.32. The zero-order valence-electron chi connectivity index (χ0n) is 17.2. The van der Waals surface area contributed by atoms with Gasteiger partial charge in [0.05, 0.1) is 0 Å². The van der Waals surface area contributed by atoms with Crippen LogP contribution in [0.3, 0.4) is 0 Å². The van der Waals surface area contributed by atoms with Gasteiger partial charge in [0.25, 0.3) is 5.91 Å². The van der Waals surface area contributed by atoms with Crippen molar-refractivity contribution in [3.05, 3.63) is 65.2 Å². The highest BCUT2D eigenvalue weighted by molar-refractivity contribution is 5.96.